The molecule has 5 N–H and O–H groups in total. The van der Waals surface area contributed by atoms with E-state index in [4.69, 9.17) is 5.14 Å². The molecule has 0 saturated carbocycles. The van der Waals surface area contributed by atoms with E-state index in [0.29, 0.717) is 5.69 Å². The smallest absolute Gasteiger partial charge is 0.319 e. The first-order chi connectivity index (χ1) is 11.3. The average Bonchev–Trinajstić information content (AvgIpc) is 2.53. The van der Waals surface area contributed by atoms with Gasteiger partial charge in [-0.25, -0.2) is 22.7 Å². The molecule has 1 atom stereocenters. The number of primary sulfonamides is 1. The summed E-state index contributed by atoms with van der Waals surface area (Å²) in [6.07, 6.45) is -1.19. The molecule has 2 aromatic rings. The van der Waals surface area contributed by atoms with Gasteiger partial charge in [-0.3, -0.25) is 0 Å². The third kappa shape index (κ3) is 4.75. The molecule has 7 nitrogen and oxygen atoms in total. The molecule has 2 amide bonds. The Kier molecular flexibility index (Phi) is 5.50. The molecule has 0 bridgehead atoms. The minimum Gasteiger partial charge on any atom is -0.386 e. The SMILES string of the molecule is NS(=O)(=O)c1ccc(NC(=O)NC[C@@H](O)c2ccccc2F)cc1. The number of benzene rings is 2. The molecule has 2 rings (SSSR count). The van der Waals surface area contributed by atoms with Crippen molar-refractivity contribution in [2.24, 2.45) is 5.14 Å². The molecule has 128 valence electrons. The number of anilines is 1. The molecule has 0 unspecified atom stereocenters. The van der Waals surface area contributed by atoms with Crippen LogP contribution in [0.2, 0.25) is 0 Å². The van der Waals surface area contributed by atoms with E-state index in [0.717, 1.165) is 0 Å². The van der Waals surface area contributed by atoms with Crippen molar-refractivity contribution in [3.63, 3.8) is 0 Å². The summed E-state index contributed by atoms with van der Waals surface area (Å²) in [6.45, 7) is -0.192. The lowest BCUT2D eigenvalue weighted by atomic mass is 10.1. The Morgan fingerprint density at radius 3 is 2.38 bits per heavy atom. The van der Waals surface area contributed by atoms with Crippen LogP contribution in [0.1, 0.15) is 11.7 Å². The monoisotopic (exact) mass is 353 g/mol. The van der Waals surface area contributed by atoms with Crippen LogP contribution < -0.4 is 15.8 Å². The number of amides is 2. The third-order valence-electron chi connectivity index (χ3n) is 3.16. The van der Waals surface area contributed by atoms with Crippen LogP contribution in [-0.4, -0.2) is 26.1 Å². The fourth-order valence-electron chi connectivity index (χ4n) is 1.95. The van der Waals surface area contributed by atoms with E-state index in [-0.39, 0.29) is 17.0 Å². The number of rotatable bonds is 5. The maximum Gasteiger partial charge on any atom is 0.319 e. The standard InChI is InChI=1S/C15H16FN3O4S/c16-13-4-2-1-3-12(13)14(20)9-18-15(21)19-10-5-7-11(8-6-10)24(17,22)23/h1-8,14,20H,9H2,(H2,17,22,23)(H2,18,19,21)/t14-/m1/s1. The summed E-state index contributed by atoms with van der Waals surface area (Å²) >= 11 is 0. The van der Waals surface area contributed by atoms with Crippen LogP contribution in [0, 0.1) is 5.82 Å². The lowest BCUT2D eigenvalue weighted by Gasteiger charge is -2.13. The summed E-state index contributed by atoms with van der Waals surface area (Å²) in [6, 6.07) is 10.3. The van der Waals surface area contributed by atoms with Gasteiger partial charge in [-0.05, 0) is 30.3 Å². The number of sulfonamides is 1. The van der Waals surface area contributed by atoms with Crippen LogP contribution in [0.4, 0.5) is 14.9 Å². The van der Waals surface area contributed by atoms with E-state index in [2.05, 4.69) is 10.6 Å². The van der Waals surface area contributed by atoms with Crippen LogP contribution in [0.25, 0.3) is 0 Å². The lowest BCUT2D eigenvalue weighted by Crippen LogP contribution is -2.32. The summed E-state index contributed by atoms with van der Waals surface area (Å²) in [5.74, 6) is -0.564. The molecule has 0 spiro atoms. The first-order valence-corrected chi connectivity index (χ1v) is 8.42. The Hall–Kier alpha value is -2.49. The topological polar surface area (TPSA) is 122 Å². The fourth-order valence-corrected chi connectivity index (χ4v) is 2.46. The largest absolute Gasteiger partial charge is 0.386 e. The summed E-state index contributed by atoms with van der Waals surface area (Å²) in [5, 5.41) is 19.7. The molecule has 0 aromatic heterocycles. The van der Waals surface area contributed by atoms with E-state index in [1.54, 1.807) is 6.07 Å². The third-order valence-corrected chi connectivity index (χ3v) is 4.09. The van der Waals surface area contributed by atoms with Crippen molar-refractivity contribution in [1.82, 2.24) is 5.32 Å². The molecule has 9 heteroatoms. The van der Waals surface area contributed by atoms with Gasteiger partial charge >= 0.3 is 6.03 Å². The van der Waals surface area contributed by atoms with Gasteiger partial charge in [-0.1, -0.05) is 18.2 Å². The molecular weight excluding hydrogens is 337 g/mol. The van der Waals surface area contributed by atoms with E-state index in [1.165, 1.54) is 42.5 Å². The Morgan fingerprint density at radius 2 is 1.79 bits per heavy atom. The zero-order valence-corrected chi connectivity index (χ0v) is 13.3. The maximum atomic E-state index is 13.5. The summed E-state index contributed by atoms with van der Waals surface area (Å²) in [5.41, 5.74) is 0.413. The number of hydrogen-bond acceptors (Lipinski definition) is 4. The fraction of sp³-hybridized carbons (Fsp3) is 0.133. The predicted molar refractivity (Wildman–Crippen MR) is 86.2 cm³/mol. The van der Waals surface area contributed by atoms with Gasteiger partial charge in [0.15, 0.2) is 0 Å². The number of halogens is 1. The minimum atomic E-state index is -3.80. The molecule has 0 radical (unpaired) electrons. The summed E-state index contributed by atoms with van der Waals surface area (Å²) in [4.78, 5) is 11.7. The van der Waals surface area contributed by atoms with Crippen LogP contribution in [0.3, 0.4) is 0 Å². The number of urea groups is 1. The van der Waals surface area contributed by atoms with Gasteiger partial charge in [-0.15, -0.1) is 0 Å². The van der Waals surface area contributed by atoms with Crippen molar-refractivity contribution in [3.05, 3.63) is 59.9 Å². The molecule has 0 saturated heterocycles. The first-order valence-electron chi connectivity index (χ1n) is 6.87. The van der Waals surface area contributed by atoms with E-state index >= 15 is 0 Å². The molecule has 24 heavy (non-hydrogen) atoms. The molecule has 0 aliphatic rings. The second kappa shape index (κ2) is 7.39. The van der Waals surface area contributed by atoms with Gasteiger partial charge in [0.05, 0.1) is 11.0 Å². The van der Waals surface area contributed by atoms with Crippen LogP contribution in [0.5, 0.6) is 0 Å². The molecule has 0 aliphatic heterocycles. The summed E-state index contributed by atoms with van der Waals surface area (Å²) < 4.78 is 35.7. The highest BCUT2D eigenvalue weighted by molar-refractivity contribution is 7.89. The average molecular weight is 353 g/mol. The van der Waals surface area contributed by atoms with Gasteiger partial charge in [0.25, 0.3) is 0 Å². The Morgan fingerprint density at radius 1 is 1.17 bits per heavy atom. The molecular formula is C15H16FN3O4S. The number of carbonyl (C=O) groups is 1. The Labute approximate surface area is 138 Å². The van der Waals surface area contributed by atoms with Crippen LogP contribution in [0.15, 0.2) is 53.4 Å². The number of carbonyl (C=O) groups excluding carboxylic acids is 1. The quantitative estimate of drug-likeness (QED) is 0.648. The van der Waals surface area contributed by atoms with E-state index in [9.17, 15) is 22.7 Å². The van der Waals surface area contributed by atoms with Crippen molar-refractivity contribution in [2.45, 2.75) is 11.0 Å². The van der Waals surface area contributed by atoms with Crippen molar-refractivity contribution < 1.29 is 22.7 Å². The maximum absolute atomic E-state index is 13.5. The second-order valence-corrected chi connectivity index (χ2v) is 6.50. The summed E-state index contributed by atoms with van der Waals surface area (Å²) in [7, 11) is -3.80. The molecule has 2 aromatic carbocycles. The Balaban J connectivity index is 1.91. The van der Waals surface area contributed by atoms with E-state index < -0.39 is 28.0 Å². The highest BCUT2D eigenvalue weighted by Gasteiger charge is 2.13. The van der Waals surface area contributed by atoms with Crippen molar-refractivity contribution in [1.29, 1.82) is 0 Å². The molecule has 0 aliphatic carbocycles. The van der Waals surface area contributed by atoms with Gasteiger partial charge in [-0.2, -0.15) is 0 Å². The van der Waals surface area contributed by atoms with Gasteiger partial charge in [0, 0.05) is 17.8 Å². The van der Waals surface area contributed by atoms with Crippen molar-refractivity contribution >= 4 is 21.7 Å². The normalized spacial score (nSPS) is 12.5. The number of aliphatic hydroxyl groups excluding tert-OH is 1. The zero-order valence-electron chi connectivity index (χ0n) is 12.4. The van der Waals surface area contributed by atoms with Gasteiger partial charge < -0.3 is 15.7 Å². The predicted octanol–water partition coefficient (Wildman–Crippen LogP) is 1.33. The minimum absolute atomic E-state index is 0.0790. The second-order valence-electron chi connectivity index (χ2n) is 4.94. The Bertz CT molecular complexity index is 825. The van der Waals surface area contributed by atoms with Crippen LogP contribution in [-0.2, 0) is 10.0 Å². The molecule has 0 heterocycles. The lowest BCUT2D eigenvalue weighted by molar-refractivity contribution is 0.170. The number of nitrogens with two attached hydrogens (primary N) is 1. The zero-order chi connectivity index (χ0) is 17.7. The van der Waals surface area contributed by atoms with E-state index in [1.807, 2.05) is 0 Å². The van der Waals surface area contributed by atoms with Gasteiger partial charge in [0.1, 0.15) is 5.82 Å². The van der Waals surface area contributed by atoms with Crippen LogP contribution >= 0.6 is 0 Å². The van der Waals surface area contributed by atoms with Crippen molar-refractivity contribution in [3.8, 4) is 0 Å². The first kappa shape index (κ1) is 17.9. The molecule has 0 fully saturated rings. The highest BCUT2D eigenvalue weighted by Crippen LogP contribution is 2.16. The van der Waals surface area contributed by atoms with Crippen molar-refractivity contribution in [2.75, 3.05) is 11.9 Å². The number of aliphatic hydroxyl groups is 1. The number of hydrogen-bond donors (Lipinski definition) is 4. The highest BCUT2D eigenvalue weighted by atomic mass is 32.2. The number of nitrogens with one attached hydrogen (secondary N) is 2. The van der Waals surface area contributed by atoms with Gasteiger partial charge in [0.2, 0.25) is 10.0 Å².